The van der Waals surface area contributed by atoms with Crippen LogP contribution in [0, 0.1) is 0 Å². The van der Waals surface area contributed by atoms with Crippen LogP contribution >= 0.6 is 35.0 Å². The molecule has 0 radical (unpaired) electrons. The number of aromatic nitrogens is 2. The second kappa shape index (κ2) is 7.15. The number of amides is 1. The molecule has 0 atom stereocenters. The molecule has 2 rings (SSSR count). The maximum Gasteiger partial charge on any atom is 0.216 e. The topological polar surface area (TPSA) is 66.9 Å². The minimum absolute atomic E-state index is 0.0621. The molecule has 0 bridgehead atoms. The molecular weight excluding hydrogens is 331 g/mol. The highest BCUT2D eigenvalue weighted by molar-refractivity contribution is 7.98. The Morgan fingerprint density at radius 2 is 1.81 bits per heavy atom. The van der Waals surface area contributed by atoms with Gasteiger partial charge in [0.2, 0.25) is 5.91 Å². The van der Waals surface area contributed by atoms with Crippen LogP contribution in [0.15, 0.2) is 17.2 Å². The van der Waals surface area contributed by atoms with Gasteiger partial charge in [-0.3, -0.25) is 4.79 Å². The number of fused-ring (bicyclic) bond motifs is 1. The fraction of sp³-hybridized carbons (Fsp3) is 0.308. The van der Waals surface area contributed by atoms with Crippen molar-refractivity contribution in [1.82, 2.24) is 15.3 Å². The lowest BCUT2D eigenvalue weighted by Crippen LogP contribution is -2.26. The number of halogens is 2. The summed E-state index contributed by atoms with van der Waals surface area (Å²) >= 11 is 13.5. The second-order valence-electron chi connectivity index (χ2n) is 4.25. The minimum Gasteiger partial charge on any atom is -0.366 e. The molecule has 2 aromatic rings. The average Bonchev–Trinajstić information content (AvgIpc) is 2.44. The number of nitrogens with zero attached hydrogens (tertiary/aromatic N) is 2. The summed E-state index contributed by atoms with van der Waals surface area (Å²) in [6.07, 6.45) is 1.92. The monoisotopic (exact) mass is 344 g/mol. The Bertz CT molecular complexity index is 681. The maximum absolute atomic E-state index is 10.8. The van der Waals surface area contributed by atoms with Crippen molar-refractivity contribution >= 4 is 57.7 Å². The summed E-state index contributed by atoms with van der Waals surface area (Å²) in [5.74, 6) is 0.603. The molecule has 112 valence electrons. The number of hydrogen-bond acceptors (Lipinski definition) is 5. The van der Waals surface area contributed by atoms with Crippen LogP contribution in [0.1, 0.15) is 6.92 Å². The van der Waals surface area contributed by atoms with Crippen molar-refractivity contribution in [2.45, 2.75) is 11.9 Å². The lowest BCUT2D eigenvalue weighted by molar-refractivity contribution is -0.118. The number of hydrogen-bond donors (Lipinski definition) is 2. The first-order valence-corrected chi connectivity index (χ1v) is 8.18. The number of nitrogens with one attached hydrogen (secondary N) is 2. The van der Waals surface area contributed by atoms with Crippen LogP contribution in [0.25, 0.3) is 11.0 Å². The molecule has 1 aromatic heterocycles. The summed E-state index contributed by atoms with van der Waals surface area (Å²) in [5, 5.41) is 7.54. The van der Waals surface area contributed by atoms with Crippen molar-refractivity contribution in [2.24, 2.45) is 0 Å². The van der Waals surface area contributed by atoms with Crippen LogP contribution in [-0.2, 0) is 4.79 Å². The summed E-state index contributed by atoms with van der Waals surface area (Å²) in [7, 11) is 0. The highest BCUT2D eigenvalue weighted by Crippen LogP contribution is 2.29. The SMILES string of the molecule is CSc1nc2cc(Cl)c(Cl)cc2nc1NCCNC(C)=O. The van der Waals surface area contributed by atoms with E-state index in [0.717, 1.165) is 5.03 Å². The molecule has 5 nitrogen and oxygen atoms in total. The van der Waals surface area contributed by atoms with Gasteiger partial charge in [-0.1, -0.05) is 23.2 Å². The normalized spacial score (nSPS) is 10.7. The van der Waals surface area contributed by atoms with E-state index in [-0.39, 0.29) is 5.91 Å². The highest BCUT2D eigenvalue weighted by atomic mass is 35.5. The van der Waals surface area contributed by atoms with Crippen molar-refractivity contribution in [3.63, 3.8) is 0 Å². The molecule has 0 aliphatic carbocycles. The van der Waals surface area contributed by atoms with E-state index in [1.807, 2.05) is 6.26 Å². The fourth-order valence-corrected chi connectivity index (χ4v) is 2.53. The first kappa shape index (κ1) is 16.1. The van der Waals surface area contributed by atoms with Crippen LogP contribution in [0.5, 0.6) is 0 Å². The van der Waals surface area contributed by atoms with Gasteiger partial charge in [-0.15, -0.1) is 11.8 Å². The number of anilines is 1. The summed E-state index contributed by atoms with van der Waals surface area (Å²) < 4.78 is 0. The molecule has 0 aliphatic rings. The Balaban J connectivity index is 2.25. The van der Waals surface area contributed by atoms with Gasteiger partial charge >= 0.3 is 0 Å². The summed E-state index contributed by atoms with van der Waals surface area (Å²) in [4.78, 5) is 19.9. The molecular formula is C13H14Cl2N4OS. The van der Waals surface area contributed by atoms with E-state index >= 15 is 0 Å². The molecule has 0 spiro atoms. The molecule has 0 unspecified atom stereocenters. The Morgan fingerprint density at radius 3 is 2.38 bits per heavy atom. The predicted octanol–water partition coefficient (Wildman–Crippen LogP) is 3.21. The van der Waals surface area contributed by atoms with Crippen molar-refractivity contribution in [3.05, 3.63) is 22.2 Å². The van der Waals surface area contributed by atoms with Crippen LogP contribution in [0.4, 0.5) is 5.82 Å². The van der Waals surface area contributed by atoms with E-state index in [1.54, 1.807) is 12.1 Å². The van der Waals surface area contributed by atoms with Crippen LogP contribution in [-0.4, -0.2) is 35.2 Å². The zero-order valence-corrected chi connectivity index (χ0v) is 13.9. The third-order valence-corrected chi connectivity index (χ3v) is 4.05. The minimum atomic E-state index is -0.0621. The van der Waals surface area contributed by atoms with Crippen molar-refractivity contribution in [3.8, 4) is 0 Å². The van der Waals surface area contributed by atoms with Gasteiger partial charge in [-0.25, -0.2) is 9.97 Å². The van der Waals surface area contributed by atoms with Gasteiger partial charge in [0, 0.05) is 20.0 Å². The summed E-state index contributed by atoms with van der Waals surface area (Å²) in [6, 6.07) is 3.39. The van der Waals surface area contributed by atoms with Crippen molar-refractivity contribution < 1.29 is 4.79 Å². The molecule has 1 aromatic carbocycles. The zero-order chi connectivity index (χ0) is 15.4. The molecule has 0 saturated heterocycles. The van der Waals surface area contributed by atoms with E-state index < -0.39 is 0 Å². The van der Waals surface area contributed by atoms with E-state index in [9.17, 15) is 4.79 Å². The molecule has 21 heavy (non-hydrogen) atoms. The average molecular weight is 345 g/mol. The van der Waals surface area contributed by atoms with Gasteiger partial charge < -0.3 is 10.6 Å². The van der Waals surface area contributed by atoms with Crippen LogP contribution in [0.2, 0.25) is 10.0 Å². The van der Waals surface area contributed by atoms with Gasteiger partial charge in [0.15, 0.2) is 5.82 Å². The lowest BCUT2D eigenvalue weighted by Gasteiger charge is -2.11. The fourth-order valence-electron chi connectivity index (χ4n) is 1.71. The van der Waals surface area contributed by atoms with Gasteiger partial charge in [-0.05, 0) is 18.4 Å². The highest BCUT2D eigenvalue weighted by Gasteiger charge is 2.10. The largest absolute Gasteiger partial charge is 0.366 e. The molecule has 1 amide bonds. The third-order valence-electron chi connectivity index (χ3n) is 2.66. The predicted molar refractivity (Wildman–Crippen MR) is 88.5 cm³/mol. The number of thioether (sulfide) groups is 1. The van der Waals surface area contributed by atoms with E-state index in [0.29, 0.717) is 40.0 Å². The number of carbonyl (C=O) groups is 1. The lowest BCUT2D eigenvalue weighted by atomic mass is 10.3. The van der Waals surface area contributed by atoms with Gasteiger partial charge in [0.1, 0.15) is 5.03 Å². The third kappa shape index (κ3) is 4.12. The first-order valence-electron chi connectivity index (χ1n) is 6.20. The Morgan fingerprint density at radius 1 is 1.19 bits per heavy atom. The molecule has 1 heterocycles. The molecule has 8 heteroatoms. The van der Waals surface area contributed by atoms with E-state index in [1.165, 1.54) is 18.7 Å². The molecule has 0 saturated carbocycles. The Hall–Kier alpha value is -1.24. The number of benzene rings is 1. The molecule has 0 aliphatic heterocycles. The summed E-state index contributed by atoms with van der Waals surface area (Å²) in [5.41, 5.74) is 1.37. The zero-order valence-electron chi connectivity index (χ0n) is 11.5. The Labute approximate surface area is 136 Å². The quantitative estimate of drug-likeness (QED) is 0.643. The van der Waals surface area contributed by atoms with E-state index in [4.69, 9.17) is 23.2 Å². The molecule has 2 N–H and O–H groups in total. The van der Waals surface area contributed by atoms with Gasteiger partial charge in [-0.2, -0.15) is 0 Å². The smallest absolute Gasteiger partial charge is 0.216 e. The Kier molecular flexibility index (Phi) is 5.50. The maximum atomic E-state index is 10.8. The van der Waals surface area contributed by atoms with Gasteiger partial charge in [0.25, 0.3) is 0 Å². The van der Waals surface area contributed by atoms with Crippen LogP contribution < -0.4 is 10.6 Å². The van der Waals surface area contributed by atoms with Crippen molar-refractivity contribution in [2.75, 3.05) is 24.7 Å². The standard InChI is InChI=1S/C13H14Cl2N4OS/c1-7(20)16-3-4-17-12-13(21-2)19-11-6-9(15)8(14)5-10(11)18-12/h5-6H,3-4H2,1-2H3,(H,16,20)(H,17,18). The number of rotatable bonds is 5. The number of carbonyl (C=O) groups excluding carboxylic acids is 1. The first-order chi connectivity index (χ1) is 10.0. The van der Waals surface area contributed by atoms with Crippen molar-refractivity contribution in [1.29, 1.82) is 0 Å². The van der Waals surface area contributed by atoms with Gasteiger partial charge in [0.05, 0.1) is 21.1 Å². The van der Waals surface area contributed by atoms with E-state index in [2.05, 4.69) is 20.6 Å². The molecule has 0 fully saturated rings. The summed E-state index contributed by atoms with van der Waals surface area (Å²) in [6.45, 7) is 2.56. The second-order valence-corrected chi connectivity index (χ2v) is 5.86. The van der Waals surface area contributed by atoms with Crippen LogP contribution in [0.3, 0.4) is 0 Å².